The van der Waals surface area contributed by atoms with Gasteiger partial charge in [0.05, 0.1) is 40.2 Å². The lowest BCUT2D eigenvalue weighted by atomic mass is 9.88. The number of methoxy groups -OCH3 is 4. The van der Waals surface area contributed by atoms with Crippen LogP contribution in [0.25, 0.3) is 6.08 Å². The van der Waals surface area contributed by atoms with Crippen molar-refractivity contribution in [3.8, 4) is 23.0 Å². The summed E-state index contributed by atoms with van der Waals surface area (Å²) in [4.78, 5) is 9.87. The van der Waals surface area contributed by atoms with Crippen molar-refractivity contribution in [3.63, 3.8) is 0 Å². The highest BCUT2D eigenvalue weighted by Crippen LogP contribution is 2.46. The van der Waals surface area contributed by atoms with E-state index in [1.54, 1.807) is 40.2 Å². The van der Waals surface area contributed by atoms with Crippen molar-refractivity contribution >= 4 is 23.0 Å². The molecule has 0 aliphatic carbocycles. The van der Waals surface area contributed by atoms with E-state index < -0.39 is 0 Å². The summed E-state index contributed by atoms with van der Waals surface area (Å²) in [5.74, 6) is 2.87. The first-order valence-electron chi connectivity index (χ1n) is 11.9. The van der Waals surface area contributed by atoms with Gasteiger partial charge in [0.25, 0.3) is 0 Å². The summed E-state index contributed by atoms with van der Waals surface area (Å²) >= 11 is 1.65. The predicted molar refractivity (Wildman–Crippen MR) is 145 cm³/mol. The highest BCUT2D eigenvalue weighted by atomic mass is 32.2. The maximum Gasteiger partial charge on any atom is 0.173 e. The van der Waals surface area contributed by atoms with Crippen molar-refractivity contribution in [3.05, 3.63) is 76.0 Å². The highest BCUT2D eigenvalue weighted by molar-refractivity contribution is 8.16. The number of aliphatic imine (C=N–C) groups is 1. The molecular weight excluding hydrogens is 474 g/mol. The molecule has 0 amide bonds. The lowest BCUT2D eigenvalue weighted by Crippen LogP contribution is -2.41. The monoisotopic (exact) mass is 505 g/mol. The van der Waals surface area contributed by atoms with Gasteiger partial charge in [-0.2, -0.15) is 0 Å². The Kier molecular flexibility index (Phi) is 6.98. The summed E-state index contributed by atoms with van der Waals surface area (Å²) in [6, 6.07) is 12.2. The third kappa shape index (κ3) is 4.35. The fourth-order valence-electron chi connectivity index (χ4n) is 4.94. The zero-order valence-corrected chi connectivity index (χ0v) is 22.1. The minimum atomic E-state index is 0.0155. The van der Waals surface area contributed by atoms with Gasteiger partial charge in [0.1, 0.15) is 0 Å². The SMILES string of the molecule is CCN1CC2=C(N=C3SC=CN3C2c2ccc(OC)c(OC)c2)/C(=C/c2ccc(OC)c(OC)c2)C1. The van der Waals surface area contributed by atoms with Gasteiger partial charge in [-0.25, -0.2) is 4.99 Å². The topological polar surface area (TPSA) is 55.8 Å². The molecule has 0 spiro atoms. The summed E-state index contributed by atoms with van der Waals surface area (Å²) in [5, 5.41) is 3.08. The third-order valence-corrected chi connectivity index (χ3v) is 7.52. The first kappa shape index (κ1) is 24.3. The van der Waals surface area contributed by atoms with Crippen LogP contribution < -0.4 is 18.9 Å². The van der Waals surface area contributed by atoms with Gasteiger partial charge in [0, 0.05) is 19.3 Å². The lowest BCUT2D eigenvalue weighted by Gasteiger charge is -2.41. The van der Waals surface area contributed by atoms with E-state index in [1.807, 2.05) is 18.2 Å². The third-order valence-electron chi connectivity index (χ3n) is 6.75. The normalized spacial score (nSPS) is 20.2. The highest BCUT2D eigenvalue weighted by Gasteiger charge is 2.38. The van der Waals surface area contributed by atoms with E-state index in [-0.39, 0.29) is 6.04 Å². The summed E-state index contributed by atoms with van der Waals surface area (Å²) in [7, 11) is 6.65. The van der Waals surface area contributed by atoms with Gasteiger partial charge in [-0.1, -0.05) is 30.8 Å². The molecule has 3 aliphatic rings. The van der Waals surface area contributed by atoms with Crippen molar-refractivity contribution < 1.29 is 18.9 Å². The molecule has 0 fully saturated rings. The van der Waals surface area contributed by atoms with Crippen LogP contribution in [0, 0.1) is 0 Å². The van der Waals surface area contributed by atoms with E-state index in [4.69, 9.17) is 23.9 Å². The number of hydrogen-bond acceptors (Lipinski definition) is 8. The van der Waals surface area contributed by atoms with Gasteiger partial charge in [-0.15, -0.1) is 0 Å². The van der Waals surface area contributed by atoms with Crippen LogP contribution in [0.4, 0.5) is 0 Å². The maximum atomic E-state index is 5.64. The number of hydrogen-bond donors (Lipinski definition) is 0. The molecular formula is C28H31N3O4S. The minimum Gasteiger partial charge on any atom is -0.493 e. The van der Waals surface area contributed by atoms with Gasteiger partial charge < -0.3 is 23.8 Å². The Balaban J connectivity index is 1.64. The molecule has 5 rings (SSSR count). The van der Waals surface area contributed by atoms with Gasteiger partial charge in [0.2, 0.25) is 0 Å². The molecule has 0 radical (unpaired) electrons. The number of amidine groups is 1. The van der Waals surface area contributed by atoms with E-state index in [1.165, 1.54) is 11.1 Å². The molecule has 2 aromatic carbocycles. The number of likely N-dealkylation sites (N-methyl/N-ethyl adjacent to an activating group) is 1. The van der Waals surface area contributed by atoms with Gasteiger partial charge in [-0.05, 0) is 64.6 Å². The zero-order chi connectivity index (χ0) is 25.2. The van der Waals surface area contributed by atoms with Crippen molar-refractivity contribution in [2.24, 2.45) is 4.99 Å². The zero-order valence-electron chi connectivity index (χ0n) is 21.3. The second kappa shape index (κ2) is 10.3. The average Bonchev–Trinajstić information content (AvgIpc) is 3.39. The molecule has 0 saturated heterocycles. The Bertz CT molecular complexity index is 1280. The van der Waals surface area contributed by atoms with Gasteiger partial charge in [-0.3, -0.25) is 4.90 Å². The molecule has 2 aromatic rings. The quantitative estimate of drug-likeness (QED) is 0.504. The van der Waals surface area contributed by atoms with Crippen LogP contribution in [-0.4, -0.2) is 63.0 Å². The first-order valence-corrected chi connectivity index (χ1v) is 12.8. The number of fused-ring (bicyclic) bond motifs is 1. The van der Waals surface area contributed by atoms with E-state index in [0.717, 1.165) is 53.1 Å². The van der Waals surface area contributed by atoms with Gasteiger partial charge in [0.15, 0.2) is 28.2 Å². The maximum absolute atomic E-state index is 5.64. The standard InChI is InChI=1S/C28H31N3O4S/c1-6-30-16-20(13-18-7-9-22(32-2)24(14-18)34-4)26-21(17-30)27(31-11-12-36-28(31)29-26)19-8-10-23(33-3)25(15-19)35-5/h7-15,27H,6,16-17H2,1-5H3/b20-13+. The van der Waals surface area contributed by atoms with E-state index in [2.05, 4.69) is 52.6 Å². The van der Waals surface area contributed by atoms with Crippen molar-refractivity contribution in [1.29, 1.82) is 0 Å². The second-order valence-electron chi connectivity index (χ2n) is 8.68. The van der Waals surface area contributed by atoms with Crippen molar-refractivity contribution in [1.82, 2.24) is 9.80 Å². The fraction of sp³-hybridized carbons (Fsp3) is 0.321. The molecule has 188 valence electrons. The molecule has 1 atom stereocenters. The number of ether oxygens (including phenoxy) is 4. The summed E-state index contributed by atoms with van der Waals surface area (Å²) in [6.07, 6.45) is 4.34. The molecule has 0 N–H and O–H groups in total. The summed E-state index contributed by atoms with van der Waals surface area (Å²) < 4.78 is 22.1. The Morgan fingerprint density at radius 3 is 2.31 bits per heavy atom. The van der Waals surface area contributed by atoms with Crippen LogP contribution in [0.2, 0.25) is 0 Å². The number of rotatable bonds is 7. The predicted octanol–water partition coefficient (Wildman–Crippen LogP) is 5.32. The van der Waals surface area contributed by atoms with Gasteiger partial charge >= 0.3 is 0 Å². The van der Waals surface area contributed by atoms with E-state index in [9.17, 15) is 0 Å². The Morgan fingerprint density at radius 1 is 0.917 bits per heavy atom. The van der Waals surface area contributed by atoms with Crippen LogP contribution in [-0.2, 0) is 0 Å². The van der Waals surface area contributed by atoms with Crippen LogP contribution in [0.3, 0.4) is 0 Å². The summed E-state index contributed by atoms with van der Waals surface area (Å²) in [6.45, 7) is 4.82. The minimum absolute atomic E-state index is 0.0155. The van der Waals surface area contributed by atoms with Crippen LogP contribution in [0.1, 0.15) is 24.1 Å². The molecule has 3 heterocycles. The van der Waals surface area contributed by atoms with Crippen molar-refractivity contribution in [2.75, 3.05) is 48.1 Å². The Hall–Kier alpha value is -3.36. The molecule has 8 heteroatoms. The Labute approximate surface area is 216 Å². The fourth-order valence-corrected chi connectivity index (χ4v) is 5.69. The van der Waals surface area contributed by atoms with Crippen LogP contribution in [0.15, 0.2) is 69.8 Å². The Morgan fingerprint density at radius 2 is 1.61 bits per heavy atom. The molecule has 7 nitrogen and oxygen atoms in total. The molecule has 1 unspecified atom stereocenters. The summed E-state index contributed by atoms with van der Waals surface area (Å²) in [5.41, 5.74) is 5.73. The molecule has 3 aliphatic heterocycles. The molecule has 0 saturated carbocycles. The number of benzene rings is 2. The van der Waals surface area contributed by atoms with E-state index in [0.29, 0.717) is 11.5 Å². The number of nitrogens with zero attached hydrogens (tertiary/aromatic N) is 3. The smallest absolute Gasteiger partial charge is 0.173 e. The average molecular weight is 506 g/mol. The van der Waals surface area contributed by atoms with Crippen molar-refractivity contribution in [2.45, 2.75) is 13.0 Å². The molecule has 0 bridgehead atoms. The molecule has 36 heavy (non-hydrogen) atoms. The number of thioether (sulfide) groups is 1. The van der Waals surface area contributed by atoms with Crippen LogP contribution >= 0.6 is 11.8 Å². The largest absolute Gasteiger partial charge is 0.493 e. The van der Waals surface area contributed by atoms with E-state index >= 15 is 0 Å². The van der Waals surface area contributed by atoms with Crippen LogP contribution in [0.5, 0.6) is 23.0 Å². The lowest BCUT2D eigenvalue weighted by molar-refractivity contribution is 0.302. The molecule has 0 aromatic heterocycles. The second-order valence-corrected chi connectivity index (χ2v) is 9.56. The first-order chi connectivity index (χ1) is 17.6.